The first-order chi connectivity index (χ1) is 5.43. The fourth-order valence-electron chi connectivity index (χ4n) is 1.04. The molecule has 1 aliphatic heterocycles. The molecule has 2 nitrogen and oxygen atoms in total. The number of hydrogen-bond acceptors (Lipinski definition) is 2. The summed E-state index contributed by atoms with van der Waals surface area (Å²) in [6.07, 6.45) is 2.47. The molecule has 0 fully saturated rings. The highest BCUT2D eigenvalue weighted by molar-refractivity contribution is 5.00. The summed E-state index contributed by atoms with van der Waals surface area (Å²) in [5.74, 6) is 5.73. The summed E-state index contributed by atoms with van der Waals surface area (Å²) in [6, 6.07) is 0. The molecule has 0 aromatic heterocycles. The summed E-state index contributed by atoms with van der Waals surface area (Å²) in [7, 11) is 0. The lowest BCUT2D eigenvalue weighted by Gasteiger charge is -2.16. The van der Waals surface area contributed by atoms with E-state index in [1.54, 1.807) is 0 Å². The normalized spacial score (nSPS) is 24.6. The van der Waals surface area contributed by atoms with E-state index in [-0.39, 0.29) is 6.10 Å². The third kappa shape index (κ3) is 3.41. The van der Waals surface area contributed by atoms with Crippen molar-refractivity contribution in [3.63, 3.8) is 0 Å². The quantitative estimate of drug-likeness (QED) is 0.556. The summed E-state index contributed by atoms with van der Waals surface area (Å²) in [6.45, 7) is 3.97. The molecule has 0 N–H and O–H groups in total. The van der Waals surface area contributed by atoms with Crippen molar-refractivity contribution >= 4 is 0 Å². The maximum absolute atomic E-state index is 5.42. The van der Waals surface area contributed by atoms with Crippen LogP contribution in [0.4, 0.5) is 0 Å². The van der Waals surface area contributed by atoms with Gasteiger partial charge in [-0.15, -0.1) is 0 Å². The van der Waals surface area contributed by atoms with E-state index >= 15 is 0 Å². The first-order valence-electron chi connectivity index (χ1n) is 4.08. The molecule has 11 heavy (non-hydrogen) atoms. The molecule has 0 aliphatic carbocycles. The average Bonchev–Trinajstić information content (AvgIpc) is 1.94. The molecule has 2 heteroatoms. The van der Waals surface area contributed by atoms with Gasteiger partial charge in [-0.3, -0.25) is 0 Å². The summed E-state index contributed by atoms with van der Waals surface area (Å²) < 4.78 is 10.7. The van der Waals surface area contributed by atoms with Crippen LogP contribution in [-0.2, 0) is 9.47 Å². The summed E-state index contributed by atoms with van der Waals surface area (Å²) in [4.78, 5) is 0. The van der Waals surface area contributed by atoms with E-state index in [1.807, 2.05) is 0 Å². The molecule has 1 rings (SSSR count). The van der Waals surface area contributed by atoms with Crippen LogP contribution in [0.1, 0.15) is 19.8 Å². The van der Waals surface area contributed by atoms with Crippen molar-refractivity contribution in [2.24, 2.45) is 0 Å². The lowest BCUT2D eigenvalue weighted by Crippen LogP contribution is -2.21. The minimum absolute atomic E-state index is 0.259. The third-order valence-electron chi connectivity index (χ3n) is 1.60. The Kier molecular flexibility index (Phi) is 4.03. The molecule has 0 aromatic carbocycles. The Labute approximate surface area is 67.9 Å². The maximum Gasteiger partial charge on any atom is 0.108 e. The van der Waals surface area contributed by atoms with Gasteiger partial charge in [-0.2, -0.15) is 0 Å². The molecule has 0 saturated carbocycles. The zero-order chi connectivity index (χ0) is 7.94. The van der Waals surface area contributed by atoms with Crippen molar-refractivity contribution in [1.29, 1.82) is 0 Å². The predicted molar refractivity (Wildman–Crippen MR) is 43.2 cm³/mol. The van der Waals surface area contributed by atoms with Gasteiger partial charge in [-0.25, -0.2) is 0 Å². The highest BCUT2D eigenvalue weighted by Gasteiger charge is 2.07. The van der Waals surface area contributed by atoms with E-state index in [9.17, 15) is 0 Å². The molecule has 0 saturated heterocycles. The number of hydrogen-bond donors (Lipinski definition) is 0. The van der Waals surface area contributed by atoms with Crippen molar-refractivity contribution in [3.8, 4) is 11.8 Å². The minimum atomic E-state index is 0.259. The van der Waals surface area contributed by atoms with Crippen molar-refractivity contribution in [2.45, 2.75) is 25.9 Å². The zero-order valence-electron chi connectivity index (χ0n) is 6.93. The Balaban J connectivity index is 2.27. The van der Waals surface area contributed by atoms with Gasteiger partial charge in [0.15, 0.2) is 0 Å². The van der Waals surface area contributed by atoms with Crippen LogP contribution in [0, 0.1) is 11.8 Å². The Morgan fingerprint density at radius 1 is 1.36 bits per heavy atom. The Morgan fingerprint density at radius 2 is 2.18 bits per heavy atom. The van der Waals surface area contributed by atoms with Crippen molar-refractivity contribution < 1.29 is 9.47 Å². The van der Waals surface area contributed by atoms with E-state index in [0.29, 0.717) is 19.8 Å². The highest BCUT2D eigenvalue weighted by atomic mass is 16.5. The van der Waals surface area contributed by atoms with Gasteiger partial charge in [0.2, 0.25) is 0 Å². The standard InChI is InChI=1S/C9H14O2/c1-2-5-9-8-10-6-3-4-7-11-9/h9H,2,5-8H2,1H3. The van der Waals surface area contributed by atoms with E-state index in [4.69, 9.17) is 9.47 Å². The van der Waals surface area contributed by atoms with E-state index in [0.717, 1.165) is 12.8 Å². The molecule has 1 aliphatic rings. The van der Waals surface area contributed by atoms with Crippen LogP contribution in [0.25, 0.3) is 0 Å². The van der Waals surface area contributed by atoms with Crippen LogP contribution in [-0.4, -0.2) is 25.9 Å². The van der Waals surface area contributed by atoms with Crippen molar-refractivity contribution in [2.75, 3.05) is 19.8 Å². The summed E-state index contributed by atoms with van der Waals surface area (Å²) in [5, 5.41) is 0. The number of rotatable bonds is 2. The second-order valence-electron chi connectivity index (χ2n) is 2.59. The fourth-order valence-corrected chi connectivity index (χ4v) is 1.04. The van der Waals surface area contributed by atoms with Gasteiger partial charge in [-0.1, -0.05) is 25.2 Å². The number of ether oxygens (including phenoxy) is 2. The second-order valence-corrected chi connectivity index (χ2v) is 2.59. The largest absolute Gasteiger partial charge is 0.366 e. The molecule has 0 spiro atoms. The first-order valence-corrected chi connectivity index (χ1v) is 4.08. The van der Waals surface area contributed by atoms with Gasteiger partial charge in [0.1, 0.15) is 13.2 Å². The lowest BCUT2D eigenvalue weighted by atomic mass is 10.2. The topological polar surface area (TPSA) is 18.5 Å². The summed E-state index contributed by atoms with van der Waals surface area (Å²) in [5.41, 5.74) is 0. The average molecular weight is 154 g/mol. The van der Waals surface area contributed by atoms with Gasteiger partial charge in [0.05, 0.1) is 12.7 Å². The highest BCUT2D eigenvalue weighted by Crippen LogP contribution is 2.03. The lowest BCUT2D eigenvalue weighted by molar-refractivity contribution is -0.00291. The van der Waals surface area contributed by atoms with Crippen LogP contribution in [0.5, 0.6) is 0 Å². The van der Waals surface area contributed by atoms with Crippen LogP contribution in [0.15, 0.2) is 0 Å². The molecule has 0 aromatic rings. The second kappa shape index (κ2) is 5.17. The van der Waals surface area contributed by atoms with E-state index in [2.05, 4.69) is 18.8 Å². The molecular weight excluding hydrogens is 140 g/mol. The van der Waals surface area contributed by atoms with Gasteiger partial charge in [-0.05, 0) is 6.42 Å². The van der Waals surface area contributed by atoms with Gasteiger partial charge < -0.3 is 9.47 Å². The monoisotopic (exact) mass is 154 g/mol. The van der Waals surface area contributed by atoms with Crippen LogP contribution in [0.2, 0.25) is 0 Å². The molecular formula is C9H14O2. The molecule has 62 valence electrons. The van der Waals surface area contributed by atoms with E-state index in [1.165, 1.54) is 0 Å². The molecule has 1 unspecified atom stereocenters. The Morgan fingerprint density at radius 3 is 3.00 bits per heavy atom. The van der Waals surface area contributed by atoms with Crippen LogP contribution in [0.3, 0.4) is 0 Å². The molecule has 1 atom stereocenters. The molecule has 1 heterocycles. The van der Waals surface area contributed by atoms with E-state index < -0.39 is 0 Å². The van der Waals surface area contributed by atoms with Gasteiger partial charge in [0.25, 0.3) is 0 Å². The minimum Gasteiger partial charge on any atom is -0.366 e. The Bertz CT molecular complexity index is 155. The smallest absolute Gasteiger partial charge is 0.108 e. The molecule has 0 amide bonds. The first kappa shape index (κ1) is 8.58. The van der Waals surface area contributed by atoms with Gasteiger partial charge >= 0.3 is 0 Å². The fraction of sp³-hybridized carbons (Fsp3) is 0.778. The van der Waals surface area contributed by atoms with Crippen LogP contribution < -0.4 is 0 Å². The third-order valence-corrected chi connectivity index (χ3v) is 1.60. The van der Waals surface area contributed by atoms with Crippen LogP contribution >= 0.6 is 0 Å². The Hall–Kier alpha value is -0.520. The predicted octanol–water partition coefficient (Wildman–Crippen LogP) is 1.21. The van der Waals surface area contributed by atoms with Gasteiger partial charge in [0, 0.05) is 0 Å². The molecule has 0 radical (unpaired) electrons. The summed E-state index contributed by atoms with van der Waals surface area (Å²) >= 11 is 0. The maximum atomic E-state index is 5.42. The zero-order valence-corrected chi connectivity index (χ0v) is 6.93. The van der Waals surface area contributed by atoms with Crippen molar-refractivity contribution in [1.82, 2.24) is 0 Å². The van der Waals surface area contributed by atoms with Crippen molar-refractivity contribution in [3.05, 3.63) is 0 Å². The molecule has 0 bridgehead atoms. The SMILES string of the molecule is CCCC1COCC#CCO1.